The molecule has 2 rings (SSSR count). The number of anilines is 1. The Labute approximate surface area is 112 Å². The lowest BCUT2D eigenvalue weighted by molar-refractivity contribution is 0.0350. The van der Waals surface area contributed by atoms with Gasteiger partial charge in [-0.3, -0.25) is 0 Å². The lowest BCUT2D eigenvalue weighted by atomic mass is 9.93. The molecule has 0 unspecified atom stereocenters. The Kier molecular flexibility index (Phi) is 3.61. The van der Waals surface area contributed by atoms with Gasteiger partial charge in [0, 0.05) is 19.3 Å². The van der Waals surface area contributed by atoms with E-state index in [1.807, 2.05) is 19.9 Å². The summed E-state index contributed by atoms with van der Waals surface area (Å²) in [4.78, 5) is 6.42. The normalized spacial score (nSPS) is 19.5. The van der Waals surface area contributed by atoms with Crippen LogP contribution in [0.4, 0.5) is 5.82 Å². The van der Waals surface area contributed by atoms with E-state index < -0.39 is 5.60 Å². The van der Waals surface area contributed by atoms with Crippen LogP contribution in [0.5, 0.6) is 0 Å². The van der Waals surface area contributed by atoms with Gasteiger partial charge in [0.15, 0.2) is 5.84 Å². The Morgan fingerprint density at radius 2 is 2.11 bits per heavy atom. The molecule has 6 nitrogen and oxygen atoms in total. The number of aliphatic hydroxyl groups is 1. The molecule has 0 bridgehead atoms. The smallest absolute Gasteiger partial charge is 0.174 e. The molecule has 2 heterocycles. The van der Waals surface area contributed by atoms with Crippen LogP contribution in [-0.2, 0) is 0 Å². The SMILES string of the molecule is Cc1ccnc(N2CCC(C)(O)CC2)c1/C(N)=N/O. The van der Waals surface area contributed by atoms with E-state index in [2.05, 4.69) is 15.0 Å². The first-order valence-corrected chi connectivity index (χ1v) is 6.35. The molecule has 6 heteroatoms. The number of oxime groups is 1. The molecule has 0 aliphatic carbocycles. The van der Waals surface area contributed by atoms with Crippen LogP contribution in [0.15, 0.2) is 17.4 Å². The molecule has 0 spiro atoms. The van der Waals surface area contributed by atoms with Crippen LogP contribution in [0.3, 0.4) is 0 Å². The summed E-state index contributed by atoms with van der Waals surface area (Å²) in [6.07, 6.45) is 3.07. The van der Waals surface area contributed by atoms with E-state index in [0.717, 1.165) is 5.56 Å². The van der Waals surface area contributed by atoms with E-state index in [9.17, 15) is 5.11 Å². The van der Waals surface area contributed by atoms with E-state index in [1.165, 1.54) is 0 Å². The summed E-state index contributed by atoms with van der Waals surface area (Å²) in [5.41, 5.74) is 6.70. The van der Waals surface area contributed by atoms with Crippen LogP contribution in [-0.4, -0.2) is 39.8 Å². The zero-order valence-corrected chi connectivity index (χ0v) is 11.3. The molecule has 0 amide bonds. The average molecular weight is 264 g/mol. The third-order valence-corrected chi connectivity index (χ3v) is 3.64. The van der Waals surface area contributed by atoms with Gasteiger partial charge < -0.3 is 20.9 Å². The summed E-state index contributed by atoms with van der Waals surface area (Å²) in [7, 11) is 0. The second kappa shape index (κ2) is 5.05. The number of amidine groups is 1. The fourth-order valence-corrected chi connectivity index (χ4v) is 2.35. The monoisotopic (exact) mass is 264 g/mol. The largest absolute Gasteiger partial charge is 0.409 e. The molecule has 0 aromatic carbocycles. The zero-order chi connectivity index (χ0) is 14.0. The first kappa shape index (κ1) is 13.6. The Balaban J connectivity index is 2.33. The third-order valence-electron chi connectivity index (χ3n) is 3.64. The van der Waals surface area contributed by atoms with Crippen molar-refractivity contribution in [2.24, 2.45) is 10.9 Å². The van der Waals surface area contributed by atoms with Crippen molar-refractivity contribution >= 4 is 11.7 Å². The molecule has 1 aromatic heterocycles. The summed E-state index contributed by atoms with van der Waals surface area (Å²) >= 11 is 0. The molecular weight excluding hydrogens is 244 g/mol. The number of aromatic nitrogens is 1. The summed E-state index contributed by atoms with van der Waals surface area (Å²) < 4.78 is 0. The highest BCUT2D eigenvalue weighted by molar-refractivity contribution is 6.02. The summed E-state index contributed by atoms with van der Waals surface area (Å²) in [6.45, 7) is 5.15. The topological polar surface area (TPSA) is 95.0 Å². The van der Waals surface area contributed by atoms with Crippen molar-refractivity contribution in [2.45, 2.75) is 32.3 Å². The van der Waals surface area contributed by atoms with Crippen LogP contribution >= 0.6 is 0 Å². The number of pyridine rings is 1. The molecule has 19 heavy (non-hydrogen) atoms. The molecule has 4 N–H and O–H groups in total. The number of aryl methyl sites for hydroxylation is 1. The summed E-state index contributed by atoms with van der Waals surface area (Å²) in [6, 6.07) is 1.83. The fourth-order valence-electron chi connectivity index (χ4n) is 2.35. The molecule has 1 saturated heterocycles. The van der Waals surface area contributed by atoms with Crippen molar-refractivity contribution in [2.75, 3.05) is 18.0 Å². The van der Waals surface area contributed by atoms with Crippen LogP contribution in [0, 0.1) is 6.92 Å². The number of piperidine rings is 1. The van der Waals surface area contributed by atoms with E-state index >= 15 is 0 Å². The van der Waals surface area contributed by atoms with Crippen molar-refractivity contribution in [3.8, 4) is 0 Å². The van der Waals surface area contributed by atoms with Crippen LogP contribution in [0.1, 0.15) is 30.9 Å². The minimum absolute atomic E-state index is 0.0675. The number of hydrogen-bond donors (Lipinski definition) is 3. The van der Waals surface area contributed by atoms with Gasteiger partial charge in [0.25, 0.3) is 0 Å². The van der Waals surface area contributed by atoms with E-state index in [0.29, 0.717) is 37.3 Å². The third kappa shape index (κ3) is 2.78. The maximum absolute atomic E-state index is 9.98. The summed E-state index contributed by atoms with van der Waals surface area (Å²) in [5.74, 6) is 0.781. The molecule has 104 valence electrons. The van der Waals surface area contributed by atoms with Crippen molar-refractivity contribution in [1.29, 1.82) is 0 Å². The highest BCUT2D eigenvalue weighted by Gasteiger charge is 2.29. The van der Waals surface area contributed by atoms with Gasteiger partial charge in [-0.25, -0.2) is 4.98 Å². The molecule has 0 saturated carbocycles. The van der Waals surface area contributed by atoms with Gasteiger partial charge in [-0.15, -0.1) is 0 Å². The second-order valence-electron chi connectivity index (χ2n) is 5.30. The van der Waals surface area contributed by atoms with Crippen molar-refractivity contribution in [1.82, 2.24) is 4.98 Å². The predicted octanol–water partition coefficient (Wildman–Crippen LogP) is 0.836. The molecular formula is C13H20N4O2. The fraction of sp³-hybridized carbons (Fsp3) is 0.538. The number of nitrogens with zero attached hydrogens (tertiary/aromatic N) is 3. The highest BCUT2D eigenvalue weighted by Crippen LogP contribution is 2.27. The summed E-state index contributed by atoms with van der Waals surface area (Å²) in [5, 5.41) is 22.0. The zero-order valence-electron chi connectivity index (χ0n) is 11.3. The van der Waals surface area contributed by atoms with Crippen molar-refractivity contribution in [3.05, 3.63) is 23.4 Å². The van der Waals surface area contributed by atoms with Gasteiger partial charge in [0.2, 0.25) is 0 Å². The van der Waals surface area contributed by atoms with Crippen molar-refractivity contribution < 1.29 is 10.3 Å². The van der Waals surface area contributed by atoms with Crippen LogP contribution in [0.25, 0.3) is 0 Å². The Bertz CT molecular complexity index is 489. The minimum Gasteiger partial charge on any atom is -0.409 e. The lowest BCUT2D eigenvalue weighted by Gasteiger charge is -2.37. The minimum atomic E-state index is -0.614. The Morgan fingerprint density at radius 1 is 1.47 bits per heavy atom. The van der Waals surface area contributed by atoms with E-state index in [1.54, 1.807) is 6.20 Å². The maximum atomic E-state index is 9.98. The Hall–Kier alpha value is -1.82. The molecule has 1 aliphatic rings. The van der Waals surface area contributed by atoms with Gasteiger partial charge in [0.1, 0.15) is 5.82 Å². The van der Waals surface area contributed by atoms with Gasteiger partial charge in [-0.2, -0.15) is 0 Å². The Morgan fingerprint density at radius 3 is 2.68 bits per heavy atom. The highest BCUT2D eigenvalue weighted by atomic mass is 16.4. The molecule has 1 aromatic rings. The van der Waals surface area contributed by atoms with Crippen LogP contribution in [0.2, 0.25) is 0 Å². The van der Waals surface area contributed by atoms with Gasteiger partial charge in [0.05, 0.1) is 11.2 Å². The second-order valence-corrected chi connectivity index (χ2v) is 5.30. The number of rotatable bonds is 2. The lowest BCUT2D eigenvalue weighted by Crippen LogP contribution is -2.43. The van der Waals surface area contributed by atoms with Crippen molar-refractivity contribution in [3.63, 3.8) is 0 Å². The molecule has 0 atom stereocenters. The van der Waals surface area contributed by atoms with Gasteiger partial charge >= 0.3 is 0 Å². The molecule has 1 fully saturated rings. The first-order chi connectivity index (χ1) is 8.94. The predicted molar refractivity (Wildman–Crippen MR) is 73.6 cm³/mol. The van der Waals surface area contributed by atoms with Crippen LogP contribution < -0.4 is 10.6 Å². The maximum Gasteiger partial charge on any atom is 0.174 e. The van der Waals surface area contributed by atoms with Gasteiger partial charge in [-0.05, 0) is 38.3 Å². The average Bonchev–Trinajstić information content (AvgIpc) is 2.37. The molecule has 0 radical (unpaired) electrons. The molecule has 1 aliphatic heterocycles. The standard InChI is InChI=1S/C13H20N4O2/c1-9-3-6-15-12(10(9)11(14)16-19)17-7-4-13(2,18)5-8-17/h3,6,18-19H,4-5,7-8H2,1-2H3,(H2,14,16). The van der Waals surface area contributed by atoms with E-state index in [4.69, 9.17) is 10.9 Å². The van der Waals surface area contributed by atoms with Gasteiger partial charge in [-0.1, -0.05) is 5.16 Å². The number of hydrogen-bond acceptors (Lipinski definition) is 5. The van der Waals surface area contributed by atoms with E-state index in [-0.39, 0.29) is 5.84 Å². The first-order valence-electron chi connectivity index (χ1n) is 6.35. The number of nitrogens with two attached hydrogens (primary N) is 1. The quantitative estimate of drug-likeness (QED) is 0.318.